The Kier molecular flexibility index (Phi) is 8.60. The van der Waals surface area contributed by atoms with Crippen LogP contribution in [0.25, 0.3) is 87.6 Å². The highest BCUT2D eigenvalue weighted by Crippen LogP contribution is 2.50. The number of fused-ring (bicyclic) bond motifs is 9. The van der Waals surface area contributed by atoms with Crippen LogP contribution >= 0.6 is 0 Å². The highest BCUT2D eigenvalue weighted by Gasteiger charge is 2.26. The van der Waals surface area contributed by atoms with Crippen LogP contribution in [0, 0.1) is 0 Å². The fourth-order valence-corrected chi connectivity index (χ4v) is 10.2. The van der Waals surface area contributed by atoms with Gasteiger partial charge in [-0.1, -0.05) is 182 Å². The summed E-state index contributed by atoms with van der Waals surface area (Å²) in [5.74, 6) is 0. The monoisotopic (exact) mass is 828 g/mol. The number of nitrogens with zero attached hydrogens (tertiary/aromatic N) is 2. The Balaban J connectivity index is 1.02. The van der Waals surface area contributed by atoms with Crippen molar-refractivity contribution in [3.05, 3.63) is 242 Å². The van der Waals surface area contributed by atoms with Gasteiger partial charge in [-0.2, -0.15) is 0 Å². The van der Waals surface area contributed by atoms with Crippen LogP contribution in [-0.4, -0.2) is 5.71 Å². The van der Waals surface area contributed by atoms with Crippen LogP contribution in [0.1, 0.15) is 11.1 Å². The SMILES string of the molecule is c1ccc(C2=Nc3c(cccc3-c3cc4ccccc4c4c3oc3cccc(N(c5ccc(-c6ccccc6)cc5)c5ccc(-c6cc7ccccc7c7ccccc67)cc5)c34)C2)cc1. The molecule has 65 heavy (non-hydrogen) atoms. The number of para-hydroxylation sites is 1. The number of aliphatic imine (C=N–C) groups is 1. The zero-order valence-corrected chi connectivity index (χ0v) is 35.4. The first kappa shape index (κ1) is 37.1. The van der Waals surface area contributed by atoms with Gasteiger partial charge in [0.1, 0.15) is 11.2 Å². The van der Waals surface area contributed by atoms with E-state index < -0.39 is 0 Å². The van der Waals surface area contributed by atoms with E-state index in [4.69, 9.17) is 9.41 Å². The molecule has 13 rings (SSSR count). The summed E-state index contributed by atoms with van der Waals surface area (Å²) in [6.07, 6.45) is 0.794. The van der Waals surface area contributed by atoms with Gasteiger partial charge in [-0.15, -0.1) is 0 Å². The lowest BCUT2D eigenvalue weighted by atomic mass is 9.93. The van der Waals surface area contributed by atoms with Gasteiger partial charge in [-0.25, -0.2) is 0 Å². The predicted octanol–water partition coefficient (Wildman–Crippen LogP) is 17.2. The summed E-state index contributed by atoms with van der Waals surface area (Å²) in [5.41, 5.74) is 16.2. The normalized spacial score (nSPS) is 12.3. The molecule has 0 spiro atoms. The predicted molar refractivity (Wildman–Crippen MR) is 274 cm³/mol. The van der Waals surface area contributed by atoms with Gasteiger partial charge >= 0.3 is 0 Å². The van der Waals surface area contributed by atoms with Gasteiger partial charge in [0.05, 0.1) is 22.5 Å². The second kappa shape index (κ2) is 15.1. The summed E-state index contributed by atoms with van der Waals surface area (Å²) in [7, 11) is 0. The quantitative estimate of drug-likeness (QED) is 0.150. The Morgan fingerprint density at radius 2 is 0.954 bits per heavy atom. The number of hydrogen-bond donors (Lipinski definition) is 0. The van der Waals surface area contributed by atoms with Gasteiger partial charge in [-0.05, 0) is 114 Å². The van der Waals surface area contributed by atoms with Gasteiger partial charge in [0.15, 0.2) is 0 Å². The smallest absolute Gasteiger partial charge is 0.144 e. The molecule has 0 radical (unpaired) electrons. The molecular formula is C62H40N2O. The van der Waals surface area contributed by atoms with Gasteiger partial charge < -0.3 is 9.32 Å². The van der Waals surface area contributed by atoms with E-state index in [2.05, 4.69) is 235 Å². The number of hydrogen-bond acceptors (Lipinski definition) is 3. The van der Waals surface area contributed by atoms with Gasteiger partial charge in [-0.3, -0.25) is 4.99 Å². The van der Waals surface area contributed by atoms with Gasteiger partial charge in [0.25, 0.3) is 0 Å². The summed E-state index contributed by atoms with van der Waals surface area (Å²) in [4.78, 5) is 7.72. The van der Waals surface area contributed by atoms with E-state index in [0.29, 0.717) is 0 Å². The molecule has 0 aliphatic carbocycles. The van der Waals surface area contributed by atoms with Crippen molar-refractivity contribution < 1.29 is 4.42 Å². The van der Waals surface area contributed by atoms with E-state index >= 15 is 0 Å². The first-order valence-electron chi connectivity index (χ1n) is 22.3. The number of benzene rings is 11. The Morgan fingerprint density at radius 3 is 1.69 bits per heavy atom. The van der Waals surface area contributed by atoms with E-state index in [9.17, 15) is 0 Å². The molecule has 12 aromatic rings. The fourth-order valence-electron chi connectivity index (χ4n) is 10.2. The molecule has 11 aromatic carbocycles. The van der Waals surface area contributed by atoms with Crippen molar-refractivity contribution in [3.8, 4) is 33.4 Å². The standard InChI is InChI=1S/C62H40N2O/c1-3-15-40(16-4-1)41-29-33-47(34-30-41)64(48-35-31-42(32-36-48)54-37-44-19-7-9-22-49(44)51-24-11-12-25-52(51)54)57-27-14-28-58-60(57)59-50-23-10-8-20-45(50)38-55(62(59)65-58)53-26-13-21-46-39-56(63-61(46)53)43-17-5-2-6-18-43/h1-38H,39H2. The van der Waals surface area contributed by atoms with Crippen LogP contribution in [0.4, 0.5) is 22.7 Å². The lowest BCUT2D eigenvalue weighted by Gasteiger charge is -2.27. The summed E-state index contributed by atoms with van der Waals surface area (Å²) in [6, 6.07) is 83.0. The molecule has 0 fully saturated rings. The van der Waals surface area contributed by atoms with Crippen molar-refractivity contribution in [2.24, 2.45) is 4.99 Å². The largest absolute Gasteiger partial charge is 0.455 e. The van der Waals surface area contributed by atoms with Crippen molar-refractivity contribution in [1.82, 2.24) is 0 Å². The molecule has 2 heterocycles. The maximum absolute atomic E-state index is 7.13. The zero-order chi connectivity index (χ0) is 42.8. The average molecular weight is 829 g/mol. The lowest BCUT2D eigenvalue weighted by Crippen LogP contribution is -2.10. The minimum absolute atomic E-state index is 0.794. The molecule has 3 heteroatoms. The van der Waals surface area contributed by atoms with Crippen LogP contribution in [0.2, 0.25) is 0 Å². The topological polar surface area (TPSA) is 28.7 Å². The molecule has 0 N–H and O–H groups in total. The number of anilines is 3. The summed E-state index contributed by atoms with van der Waals surface area (Å²) in [5, 5.41) is 9.48. The molecule has 0 unspecified atom stereocenters. The van der Waals surface area contributed by atoms with E-state index in [0.717, 1.165) is 84.3 Å². The van der Waals surface area contributed by atoms with Crippen LogP contribution in [0.15, 0.2) is 240 Å². The number of furan rings is 1. The lowest BCUT2D eigenvalue weighted by molar-refractivity contribution is 0.670. The first-order chi connectivity index (χ1) is 32.2. The Bertz CT molecular complexity index is 3830. The van der Waals surface area contributed by atoms with E-state index in [1.165, 1.54) is 49.4 Å². The minimum atomic E-state index is 0.794. The molecule has 3 nitrogen and oxygen atoms in total. The molecule has 0 amide bonds. The van der Waals surface area contributed by atoms with Crippen molar-refractivity contribution in [2.75, 3.05) is 4.90 Å². The molecule has 0 saturated carbocycles. The third-order valence-electron chi connectivity index (χ3n) is 13.3. The second-order valence-electron chi connectivity index (χ2n) is 17.0. The van der Waals surface area contributed by atoms with E-state index in [1.807, 2.05) is 0 Å². The first-order valence-corrected chi connectivity index (χ1v) is 22.3. The molecule has 304 valence electrons. The summed E-state index contributed by atoms with van der Waals surface area (Å²) < 4.78 is 7.13. The Morgan fingerprint density at radius 1 is 0.385 bits per heavy atom. The van der Waals surface area contributed by atoms with Crippen molar-refractivity contribution >= 4 is 82.7 Å². The Hall–Kier alpha value is -8.53. The molecule has 1 aliphatic rings. The maximum Gasteiger partial charge on any atom is 0.144 e. The third-order valence-corrected chi connectivity index (χ3v) is 13.3. The number of rotatable bonds is 7. The Labute approximate surface area is 376 Å². The molecule has 0 atom stereocenters. The second-order valence-corrected chi connectivity index (χ2v) is 17.0. The zero-order valence-electron chi connectivity index (χ0n) is 35.4. The summed E-state index contributed by atoms with van der Waals surface area (Å²) in [6.45, 7) is 0. The van der Waals surface area contributed by atoms with E-state index in [1.54, 1.807) is 0 Å². The van der Waals surface area contributed by atoms with Crippen molar-refractivity contribution in [2.45, 2.75) is 6.42 Å². The van der Waals surface area contributed by atoms with E-state index in [-0.39, 0.29) is 0 Å². The van der Waals surface area contributed by atoms with Crippen LogP contribution in [0.5, 0.6) is 0 Å². The van der Waals surface area contributed by atoms with Crippen LogP contribution in [-0.2, 0) is 6.42 Å². The maximum atomic E-state index is 7.13. The summed E-state index contributed by atoms with van der Waals surface area (Å²) >= 11 is 0. The molecule has 0 saturated heterocycles. The van der Waals surface area contributed by atoms with Gasteiger partial charge in [0, 0.05) is 34.3 Å². The highest BCUT2D eigenvalue weighted by atomic mass is 16.3. The van der Waals surface area contributed by atoms with Crippen molar-refractivity contribution in [1.29, 1.82) is 0 Å². The van der Waals surface area contributed by atoms with Crippen LogP contribution < -0.4 is 4.90 Å². The van der Waals surface area contributed by atoms with Gasteiger partial charge in [0.2, 0.25) is 0 Å². The minimum Gasteiger partial charge on any atom is -0.455 e. The molecule has 0 bridgehead atoms. The molecule has 1 aromatic heterocycles. The highest BCUT2D eigenvalue weighted by molar-refractivity contribution is 6.27. The van der Waals surface area contributed by atoms with Crippen LogP contribution in [0.3, 0.4) is 0 Å². The fraction of sp³-hybridized carbons (Fsp3) is 0.0161. The molecular weight excluding hydrogens is 789 g/mol. The van der Waals surface area contributed by atoms with Crippen molar-refractivity contribution in [3.63, 3.8) is 0 Å². The molecule has 1 aliphatic heterocycles. The average Bonchev–Trinajstić information content (AvgIpc) is 4.01. The third kappa shape index (κ3) is 6.16.